The molecule has 0 atom stereocenters. The first kappa shape index (κ1) is 9.10. The van der Waals surface area contributed by atoms with E-state index in [0.717, 1.165) is 0 Å². The van der Waals surface area contributed by atoms with Crippen LogP contribution in [0.4, 0.5) is 0 Å². The second kappa shape index (κ2) is 6.22. The lowest BCUT2D eigenvalue weighted by Crippen LogP contribution is -2.04. The van der Waals surface area contributed by atoms with Crippen LogP contribution < -0.4 is 0 Å². The van der Waals surface area contributed by atoms with E-state index in [4.69, 9.17) is 0 Å². The number of methoxy groups -OCH3 is 2. The highest BCUT2D eigenvalue weighted by atomic mass is 16.5. The summed E-state index contributed by atoms with van der Waals surface area (Å²) in [7, 11) is 2.89. The summed E-state index contributed by atoms with van der Waals surface area (Å²) in [5.41, 5.74) is 0. The standard InChI is InChI=1S/C6H11NO3/c1-9-4-3-7-5-6(8)10-2/h3H,4-5H2,1-2H3. The van der Waals surface area contributed by atoms with Crippen molar-refractivity contribution in [3.05, 3.63) is 0 Å². The summed E-state index contributed by atoms with van der Waals surface area (Å²) in [6.45, 7) is 0.497. The molecule has 0 fully saturated rings. The van der Waals surface area contributed by atoms with E-state index in [9.17, 15) is 4.79 Å². The van der Waals surface area contributed by atoms with Crippen LogP contribution in [-0.4, -0.2) is 39.6 Å². The maximum Gasteiger partial charge on any atom is 0.327 e. The van der Waals surface area contributed by atoms with Gasteiger partial charge in [0.25, 0.3) is 0 Å². The number of hydrogen-bond acceptors (Lipinski definition) is 4. The largest absolute Gasteiger partial charge is 0.468 e. The minimum atomic E-state index is -0.340. The third kappa shape index (κ3) is 5.24. The molecule has 0 saturated heterocycles. The molecule has 0 saturated carbocycles. The van der Waals surface area contributed by atoms with Crippen molar-refractivity contribution in [2.24, 2.45) is 4.99 Å². The van der Waals surface area contributed by atoms with E-state index < -0.39 is 0 Å². The number of carbonyl (C=O) groups excluding carboxylic acids is 1. The molecule has 0 amide bonds. The Bertz CT molecular complexity index is 122. The fourth-order valence-corrected chi connectivity index (χ4v) is 0.331. The smallest absolute Gasteiger partial charge is 0.327 e. The van der Waals surface area contributed by atoms with Gasteiger partial charge in [0.05, 0.1) is 13.7 Å². The molecule has 4 heteroatoms. The van der Waals surface area contributed by atoms with Gasteiger partial charge in [0, 0.05) is 13.3 Å². The number of ether oxygens (including phenoxy) is 2. The number of carbonyl (C=O) groups is 1. The Balaban J connectivity index is 3.25. The van der Waals surface area contributed by atoms with Crippen molar-refractivity contribution in [1.29, 1.82) is 0 Å². The molecular formula is C6H11NO3. The summed E-state index contributed by atoms with van der Waals surface area (Å²) < 4.78 is 8.99. The van der Waals surface area contributed by atoms with Gasteiger partial charge < -0.3 is 9.47 Å². The number of esters is 1. The molecule has 0 aromatic heterocycles. The molecule has 0 radical (unpaired) electrons. The van der Waals surface area contributed by atoms with Gasteiger partial charge in [-0.15, -0.1) is 0 Å². The van der Waals surface area contributed by atoms with Gasteiger partial charge in [0.15, 0.2) is 0 Å². The van der Waals surface area contributed by atoms with Crippen molar-refractivity contribution in [1.82, 2.24) is 0 Å². The first-order valence-corrected chi connectivity index (χ1v) is 2.85. The summed E-state index contributed by atoms with van der Waals surface area (Å²) in [6.07, 6.45) is 1.52. The molecule has 0 unspecified atom stereocenters. The zero-order valence-corrected chi connectivity index (χ0v) is 6.16. The molecule has 0 aliphatic heterocycles. The second-order valence-corrected chi connectivity index (χ2v) is 1.55. The molecule has 0 aliphatic rings. The molecule has 0 aliphatic carbocycles. The Kier molecular flexibility index (Phi) is 5.66. The van der Waals surface area contributed by atoms with Gasteiger partial charge in [-0.3, -0.25) is 9.79 Å². The van der Waals surface area contributed by atoms with E-state index in [-0.39, 0.29) is 12.5 Å². The van der Waals surface area contributed by atoms with Crippen molar-refractivity contribution < 1.29 is 14.3 Å². The first-order chi connectivity index (χ1) is 4.81. The minimum Gasteiger partial charge on any atom is -0.468 e. The maximum absolute atomic E-state index is 10.4. The second-order valence-electron chi connectivity index (χ2n) is 1.55. The van der Waals surface area contributed by atoms with Crippen molar-refractivity contribution in [3.8, 4) is 0 Å². The van der Waals surface area contributed by atoms with Crippen LogP contribution in [0.5, 0.6) is 0 Å². The predicted molar refractivity (Wildman–Crippen MR) is 37.3 cm³/mol. The topological polar surface area (TPSA) is 47.9 Å². The van der Waals surface area contributed by atoms with Gasteiger partial charge in [-0.1, -0.05) is 0 Å². The molecule has 0 rings (SSSR count). The third-order valence-electron chi connectivity index (χ3n) is 0.818. The van der Waals surface area contributed by atoms with E-state index in [1.54, 1.807) is 7.11 Å². The van der Waals surface area contributed by atoms with Crippen LogP contribution in [0.1, 0.15) is 0 Å². The first-order valence-electron chi connectivity index (χ1n) is 2.85. The van der Waals surface area contributed by atoms with E-state index in [2.05, 4.69) is 14.5 Å². The maximum atomic E-state index is 10.4. The van der Waals surface area contributed by atoms with Gasteiger partial charge in [-0.05, 0) is 0 Å². The summed E-state index contributed by atoms with van der Waals surface area (Å²) in [6, 6.07) is 0. The summed E-state index contributed by atoms with van der Waals surface area (Å²) in [4.78, 5) is 14.1. The fraction of sp³-hybridized carbons (Fsp3) is 0.667. The lowest BCUT2D eigenvalue weighted by atomic mass is 10.6. The van der Waals surface area contributed by atoms with Crippen LogP contribution in [-0.2, 0) is 14.3 Å². The van der Waals surface area contributed by atoms with Gasteiger partial charge >= 0.3 is 5.97 Å². The number of hydrogen-bond donors (Lipinski definition) is 0. The van der Waals surface area contributed by atoms with Gasteiger partial charge in [-0.25, -0.2) is 0 Å². The molecule has 0 heterocycles. The van der Waals surface area contributed by atoms with E-state index in [1.807, 2.05) is 0 Å². The Morgan fingerprint density at radius 1 is 1.60 bits per heavy atom. The summed E-state index contributed by atoms with van der Waals surface area (Å²) in [5, 5.41) is 0. The average molecular weight is 145 g/mol. The van der Waals surface area contributed by atoms with Crippen LogP contribution in [0.25, 0.3) is 0 Å². The van der Waals surface area contributed by atoms with Crippen LogP contribution in [0.15, 0.2) is 4.99 Å². The van der Waals surface area contributed by atoms with Gasteiger partial charge in [0.1, 0.15) is 6.54 Å². The number of rotatable bonds is 4. The van der Waals surface area contributed by atoms with Crippen LogP contribution in [0.2, 0.25) is 0 Å². The molecule has 0 aromatic carbocycles. The predicted octanol–water partition coefficient (Wildman–Crippen LogP) is -0.123. The summed E-state index contributed by atoms with van der Waals surface area (Å²) >= 11 is 0. The molecule has 0 aromatic rings. The lowest BCUT2D eigenvalue weighted by Gasteiger charge is -1.91. The molecule has 4 nitrogen and oxygen atoms in total. The van der Waals surface area contributed by atoms with Crippen molar-refractivity contribution in [2.45, 2.75) is 0 Å². The van der Waals surface area contributed by atoms with Gasteiger partial charge in [0.2, 0.25) is 0 Å². The van der Waals surface area contributed by atoms with E-state index in [0.29, 0.717) is 6.61 Å². The third-order valence-corrected chi connectivity index (χ3v) is 0.818. The average Bonchev–Trinajstić information content (AvgIpc) is 1.98. The normalized spacial score (nSPS) is 10.2. The SMILES string of the molecule is COCC=NCC(=O)OC. The number of nitrogens with zero attached hydrogens (tertiary/aromatic N) is 1. The fourth-order valence-electron chi connectivity index (χ4n) is 0.331. The van der Waals surface area contributed by atoms with Crippen molar-refractivity contribution in [2.75, 3.05) is 27.4 Å². The zero-order chi connectivity index (χ0) is 7.82. The van der Waals surface area contributed by atoms with Crippen LogP contribution >= 0.6 is 0 Å². The molecular weight excluding hydrogens is 134 g/mol. The van der Waals surface area contributed by atoms with Crippen molar-refractivity contribution >= 4 is 12.2 Å². The van der Waals surface area contributed by atoms with Crippen LogP contribution in [0, 0.1) is 0 Å². The molecule has 58 valence electrons. The lowest BCUT2D eigenvalue weighted by molar-refractivity contribution is -0.138. The van der Waals surface area contributed by atoms with E-state index >= 15 is 0 Å². The van der Waals surface area contributed by atoms with Crippen molar-refractivity contribution in [3.63, 3.8) is 0 Å². The number of aliphatic imine (C=N–C) groups is 1. The molecule has 0 bridgehead atoms. The summed E-state index contributed by atoms with van der Waals surface area (Å²) in [5.74, 6) is -0.340. The molecule has 0 spiro atoms. The molecule has 10 heavy (non-hydrogen) atoms. The highest BCUT2D eigenvalue weighted by molar-refractivity contribution is 5.74. The Labute approximate surface area is 59.8 Å². The van der Waals surface area contributed by atoms with E-state index in [1.165, 1.54) is 13.3 Å². The monoisotopic (exact) mass is 145 g/mol. The zero-order valence-electron chi connectivity index (χ0n) is 6.16. The Hall–Kier alpha value is -0.900. The van der Waals surface area contributed by atoms with Gasteiger partial charge in [-0.2, -0.15) is 0 Å². The van der Waals surface area contributed by atoms with Crippen LogP contribution in [0.3, 0.4) is 0 Å². The Morgan fingerprint density at radius 2 is 2.30 bits per heavy atom. The highest BCUT2D eigenvalue weighted by Gasteiger charge is 1.93. The highest BCUT2D eigenvalue weighted by Crippen LogP contribution is 1.74. The quantitative estimate of drug-likeness (QED) is 0.409. The molecule has 0 N–H and O–H groups in total. The minimum absolute atomic E-state index is 0.0693. The Morgan fingerprint density at radius 3 is 2.80 bits per heavy atom.